The number of nitrogens with one attached hydrogen (secondary N) is 1. The smallest absolute Gasteiger partial charge is 0.129 e. The molecule has 1 aromatic rings. The van der Waals surface area contributed by atoms with E-state index in [1.807, 2.05) is 19.1 Å². The zero-order valence-electron chi connectivity index (χ0n) is 9.63. The summed E-state index contributed by atoms with van der Waals surface area (Å²) in [6.07, 6.45) is 2.45. The number of benzene rings is 1. The molecule has 0 heterocycles. The van der Waals surface area contributed by atoms with Crippen LogP contribution in [-0.2, 0) is 0 Å². The number of halogens is 2. The van der Waals surface area contributed by atoms with Gasteiger partial charge in [0.2, 0.25) is 0 Å². The van der Waals surface area contributed by atoms with Crippen molar-refractivity contribution in [2.45, 2.75) is 38.8 Å². The van der Waals surface area contributed by atoms with Crippen molar-refractivity contribution in [2.75, 3.05) is 0 Å². The molecule has 0 amide bonds. The highest BCUT2D eigenvalue weighted by atomic mass is 79.9. The van der Waals surface area contributed by atoms with Crippen LogP contribution in [0.3, 0.4) is 0 Å². The minimum absolute atomic E-state index is 0.0923. The van der Waals surface area contributed by atoms with Gasteiger partial charge in [0.25, 0.3) is 0 Å². The molecule has 1 saturated carbocycles. The highest BCUT2D eigenvalue weighted by Gasteiger charge is 2.36. The maximum Gasteiger partial charge on any atom is 0.129 e. The highest BCUT2D eigenvalue weighted by Crippen LogP contribution is 2.35. The summed E-state index contributed by atoms with van der Waals surface area (Å²) >= 11 is 3.27. The molecule has 1 aliphatic rings. The highest BCUT2D eigenvalue weighted by molar-refractivity contribution is 9.10. The van der Waals surface area contributed by atoms with E-state index in [2.05, 4.69) is 28.2 Å². The van der Waals surface area contributed by atoms with Gasteiger partial charge in [-0.15, -0.1) is 0 Å². The van der Waals surface area contributed by atoms with Gasteiger partial charge in [0, 0.05) is 22.1 Å². The molecular formula is C13H17BrFN. The molecule has 1 aromatic carbocycles. The fraction of sp³-hybridized carbons (Fsp3) is 0.538. The Morgan fingerprint density at radius 3 is 2.88 bits per heavy atom. The van der Waals surface area contributed by atoms with Crippen LogP contribution in [-0.4, -0.2) is 6.04 Å². The van der Waals surface area contributed by atoms with E-state index in [4.69, 9.17) is 0 Å². The van der Waals surface area contributed by atoms with Crippen molar-refractivity contribution in [2.24, 2.45) is 5.92 Å². The van der Waals surface area contributed by atoms with Crippen LogP contribution in [0.5, 0.6) is 0 Å². The number of hydrogen-bond acceptors (Lipinski definition) is 1. The van der Waals surface area contributed by atoms with Crippen molar-refractivity contribution in [3.63, 3.8) is 0 Å². The molecule has 88 valence electrons. The van der Waals surface area contributed by atoms with Gasteiger partial charge < -0.3 is 5.32 Å². The topological polar surface area (TPSA) is 12.0 Å². The van der Waals surface area contributed by atoms with E-state index in [0.717, 1.165) is 16.0 Å². The van der Waals surface area contributed by atoms with E-state index in [1.54, 1.807) is 0 Å². The molecule has 0 aromatic heterocycles. The molecule has 0 aliphatic heterocycles. The summed E-state index contributed by atoms with van der Waals surface area (Å²) in [6, 6.07) is 5.94. The summed E-state index contributed by atoms with van der Waals surface area (Å²) in [4.78, 5) is 0. The predicted octanol–water partition coefficient (Wildman–Crippen LogP) is 4.04. The van der Waals surface area contributed by atoms with Crippen LogP contribution in [0.1, 0.15) is 38.3 Å². The summed E-state index contributed by atoms with van der Waals surface area (Å²) in [5.41, 5.74) is 0.755. The largest absolute Gasteiger partial charge is 0.307 e. The summed E-state index contributed by atoms with van der Waals surface area (Å²) < 4.78 is 14.5. The fourth-order valence-corrected chi connectivity index (χ4v) is 2.50. The van der Waals surface area contributed by atoms with Gasteiger partial charge in [-0.05, 0) is 31.4 Å². The molecule has 1 aliphatic carbocycles. The minimum atomic E-state index is -0.136. The molecule has 0 bridgehead atoms. The normalized spacial score (nSPS) is 25.5. The van der Waals surface area contributed by atoms with Crippen LogP contribution >= 0.6 is 15.9 Å². The Bertz CT molecular complexity index is 380. The maximum atomic E-state index is 13.7. The molecule has 0 spiro atoms. The molecule has 3 atom stereocenters. The summed E-state index contributed by atoms with van der Waals surface area (Å²) in [7, 11) is 0. The van der Waals surface area contributed by atoms with Crippen LogP contribution in [0.4, 0.5) is 4.39 Å². The molecule has 3 heteroatoms. The van der Waals surface area contributed by atoms with E-state index in [0.29, 0.717) is 6.04 Å². The number of rotatable bonds is 4. The Hall–Kier alpha value is -0.410. The SMILES string of the molecule is CCC1CC1NC(C)c1ccc(Br)cc1F. The van der Waals surface area contributed by atoms with Gasteiger partial charge in [-0.25, -0.2) is 4.39 Å². The predicted molar refractivity (Wildman–Crippen MR) is 67.8 cm³/mol. The molecule has 2 rings (SSSR count). The van der Waals surface area contributed by atoms with E-state index >= 15 is 0 Å². The molecule has 0 saturated heterocycles. The third kappa shape index (κ3) is 2.64. The van der Waals surface area contributed by atoms with E-state index in [9.17, 15) is 4.39 Å². The summed E-state index contributed by atoms with van der Waals surface area (Å²) in [5, 5.41) is 3.48. The van der Waals surface area contributed by atoms with Crippen molar-refractivity contribution < 1.29 is 4.39 Å². The van der Waals surface area contributed by atoms with Gasteiger partial charge in [0.15, 0.2) is 0 Å². The first-order chi connectivity index (χ1) is 7.61. The van der Waals surface area contributed by atoms with Crippen LogP contribution in [0, 0.1) is 11.7 Å². The molecule has 0 radical (unpaired) electrons. The van der Waals surface area contributed by atoms with E-state index < -0.39 is 0 Å². The quantitative estimate of drug-likeness (QED) is 0.881. The lowest BCUT2D eigenvalue weighted by Crippen LogP contribution is -2.23. The van der Waals surface area contributed by atoms with Crippen molar-refractivity contribution in [3.8, 4) is 0 Å². The number of hydrogen-bond donors (Lipinski definition) is 1. The fourth-order valence-electron chi connectivity index (χ4n) is 2.17. The second-order valence-corrected chi connectivity index (χ2v) is 5.48. The molecule has 1 nitrogen and oxygen atoms in total. The Labute approximate surface area is 105 Å². The van der Waals surface area contributed by atoms with Gasteiger partial charge >= 0.3 is 0 Å². The Morgan fingerprint density at radius 1 is 1.56 bits per heavy atom. The lowest BCUT2D eigenvalue weighted by molar-refractivity contribution is 0.508. The monoisotopic (exact) mass is 285 g/mol. The summed E-state index contributed by atoms with van der Waals surface area (Å²) in [6.45, 7) is 4.23. The zero-order chi connectivity index (χ0) is 11.7. The molecule has 16 heavy (non-hydrogen) atoms. The molecule has 1 N–H and O–H groups in total. The Kier molecular flexibility index (Phi) is 3.65. The van der Waals surface area contributed by atoms with Gasteiger partial charge in [-0.3, -0.25) is 0 Å². The molecule has 3 unspecified atom stereocenters. The lowest BCUT2D eigenvalue weighted by Gasteiger charge is -2.15. The van der Waals surface area contributed by atoms with Crippen LogP contribution in [0.2, 0.25) is 0 Å². The molecular weight excluding hydrogens is 269 g/mol. The lowest BCUT2D eigenvalue weighted by atomic mass is 10.1. The first kappa shape index (κ1) is 12.1. The average molecular weight is 286 g/mol. The second-order valence-electron chi connectivity index (χ2n) is 4.56. The van der Waals surface area contributed by atoms with Gasteiger partial charge in [0.05, 0.1) is 0 Å². The third-order valence-electron chi connectivity index (χ3n) is 3.34. The second kappa shape index (κ2) is 4.84. The third-order valence-corrected chi connectivity index (χ3v) is 3.83. The van der Waals surface area contributed by atoms with Crippen LogP contribution < -0.4 is 5.32 Å². The van der Waals surface area contributed by atoms with Crippen LogP contribution in [0.25, 0.3) is 0 Å². The van der Waals surface area contributed by atoms with Crippen LogP contribution in [0.15, 0.2) is 22.7 Å². The van der Waals surface area contributed by atoms with Crippen molar-refractivity contribution >= 4 is 15.9 Å². The van der Waals surface area contributed by atoms with Crippen molar-refractivity contribution in [1.82, 2.24) is 5.32 Å². The average Bonchev–Trinajstić information content (AvgIpc) is 2.96. The molecule has 1 fully saturated rings. The zero-order valence-corrected chi connectivity index (χ0v) is 11.2. The maximum absolute atomic E-state index is 13.7. The Balaban J connectivity index is 2.01. The van der Waals surface area contributed by atoms with Gasteiger partial charge in [-0.1, -0.05) is 35.3 Å². The Morgan fingerprint density at radius 2 is 2.31 bits per heavy atom. The first-order valence-electron chi connectivity index (χ1n) is 5.82. The first-order valence-corrected chi connectivity index (χ1v) is 6.62. The van der Waals surface area contributed by atoms with Gasteiger partial charge in [0.1, 0.15) is 5.82 Å². The van der Waals surface area contributed by atoms with Crippen molar-refractivity contribution in [1.29, 1.82) is 0 Å². The summed E-state index contributed by atoms with van der Waals surface area (Å²) in [5.74, 6) is 0.657. The minimum Gasteiger partial charge on any atom is -0.307 e. The van der Waals surface area contributed by atoms with E-state index in [1.165, 1.54) is 18.9 Å². The van der Waals surface area contributed by atoms with E-state index in [-0.39, 0.29) is 11.9 Å². The standard InChI is InChI=1S/C13H17BrFN/c1-3-9-6-13(9)16-8(2)11-5-4-10(14)7-12(11)15/h4-5,7-9,13,16H,3,6H2,1-2H3. The van der Waals surface area contributed by atoms with Gasteiger partial charge in [-0.2, -0.15) is 0 Å². The van der Waals surface area contributed by atoms with Crippen molar-refractivity contribution in [3.05, 3.63) is 34.1 Å².